The van der Waals surface area contributed by atoms with Crippen LogP contribution in [0, 0.1) is 29.1 Å². The minimum Gasteiger partial charge on any atom is -0.378 e. The van der Waals surface area contributed by atoms with Gasteiger partial charge in [0, 0.05) is 28.7 Å². The van der Waals surface area contributed by atoms with Gasteiger partial charge < -0.3 is 5.32 Å². The molecule has 1 nitrogen and oxygen atoms in total. The molecule has 0 amide bonds. The van der Waals surface area contributed by atoms with Crippen LogP contribution >= 0.6 is 15.9 Å². The van der Waals surface area contributed by atoms with Crippen molar-refractivity contribution in [2.45, 2.75) is 6.54 Å². The molecule has 0 fully saturated rings. The van der Waals surface area contributed by atoms with Gasteiger partial charge in [0.25, 0.3) is 0 Å². The Morgan fingerprint density at radius 3 is 2.10 bits per heavy atom. The maximum absolute atomic E-state index is 13.5. The summed E-state index contributed by atoms with van der Waals surface area (Å²) in [6.07, 6.45) is 0. The van der Waals surface area contributed by atoms with Crippen LogP contribution in [0.1, 0.15) is 5.56 Å². The first-order valence-corrected chi connectivity index (χ1v) is 6.19. The van der Waals surface area contributed by atoms with Crippen LogP contribution in [0.3, 0.4) is 0 Å². The summed E-state index contributed by atoms with van der Waals surface area (Å²) in [6.45, 7) is -0.288. The Kier molecular flexibility index (Phi) is 4.27. The zero-order chi connectivity index (χ0) is 14.9. The normalized spacial score (nSPS) is 10.7. The Morgan fingerprint density at radius 1 is 0.800 bits per heavy atom. The van der Waals surface area contributed by atoms with E-state index in [1.54, 1.807) is 0 Å². The number of rotatable bonds is 3. The van der Waals surface area contributed by atoms with Crippen molar-refractivity contribution in [3.63, 3.8) is 0 Å². The van der Waals surface area contributed by atoms with Gasteiger partial charge in [0.15, 0.2) is 11.6 Å². The number of halogens is 6. The highest BCUT2D eigenvalue weighted by Gasteiger charge is 2.13. The molecule has 0 saturated carbocycles. The summed E-state index contributed by atoms with van der Waals surface area (Å²) in [5.41, 5.74) is -0.282. The summed E-state index contributed by atoms with van der Waals surface area (Å²) in [5, 5.41) is 2.49. The Labute approximate surface area is 119 Å². The number of hydrogen-bond donors (Lipinski definition) is 1. The molecule has 0 aromatic heterocycles. The van der Waals surface area contributed by atoms with Gasteiger partial charge in [0.05, 0.1) is 5.69 Å². The van der Waals surface area contributed by atoms with Crippen molar-refractivity contribution in [2.75, 3.05) is 5.32 Å². The Balaban J connectivity index is 2.23. The van der Waals surface area contributed by atoms with Crippen molar-refractivity contribution in [3.05, 3.63) is 63.4 Å². The van der Waals surface area contributed by atoms with Crippen molar-refractivity contribution in [2.24, 2.45) is 0 Å². The van der Waals surface area contributed by atoms with Crippen molar-refractivity contribution < 1.29 is 22.0 Å². The third-order valence-electron chi connectivity index (χ3n) is 2.55. The smallest absolute Gasteiger partial charge is 0.161 e. The van der Waals surface area contributed by atoms with Crippen LogP contribution in [0.4, 0.5) is 27.6 Å². The summed E-state index contributed by atoms with van der Waals surface area (Å²) in [7, 11) is 0. The lowest BCUT2D eigenvalue weighted by atomic mass is 10.2. The van der Waals surface area contributed by atoms with Gasteiger partial charge in [-0.1, -0.05) is 0 Å². The highest BCUT2D eigenvalue weighted by molar-refractivity contribution is 9.10. The van der Waals surface area contributed by atoms with Crippen LogP contribution < -0.4 is 5.32 Å². The average Bonchev–Trinajstić information content (AvgIpc) is 2.33. The van der Waals surface area contributed by atoms with E-state index in [9.17, 15) is 22.0 Å². The second-order valence-electron chi connectivity index (χ2n) is 3.96. The third-order valence-corrected chi connectivity index (χ3v) is 3.18. The first-order chi connectivity index (χ1) is 9.38. The average molecular weight is 352 g/mol. The lowest BCUT2D eigenvalue weighted by Gasteiger charge is -2.11. The minimum atomic E-state index is -1.31. The van der Waals surface area contributed by atoms with E-state index in [-0.39, 0.29) is 22.3 Å². The van der Waals surface area contributed by atoms with Gasteiger partial charge in [0.2, 0.25) is 0 Å². The largest absolute Gasteiger partial charge is 0.378 e. The molecule has 20 heavy (non-hydrogen) atoms. The van der Waals surface area contributed by atoms with Gasteiger partial charge in [-0.05, 0) is 28.1 Å². The summed E-state index contributed by atoms with van der Waals surface area (Å²) >= 11 is 2.95. The molecule has 0 bridgehead atoms. The molecule has 0 aliphatic carbocycles. The summed E-state index contributed by atoms with van der Waals surface area (Å²) in [6, 6.07) is 2.75. The maximum atomic E-state index is 13.5. The van der Waals surface area contributed by atoms with E-state index in [1.807, 2.05) is 0 Å². The predicted octanol–water partition coefficient (Wildman–Crippen LogP) is 4.76. The molecule has 2 aromatic rings. The van der Waals surface area contributed by atoms with Gasteiger partial charge in [-0.3, -0.25) is 0 Å². The minimum absolute atomic E-state index is 0.0954. The van der Waals surface area contributed by atoms with Gasteiger partial charge in [-0.15, -0.1) is 0 Å². The van der Waals surface area contributed by atoms with E-state index >= 15 is 0 Å². The molecular weight excluding hydrogens is 345 g/mol. The fraction of sp³-hybridized carbons (Fsp3) is 0.0769. The maximum Gasteiger partial charge on any atom is 0.161 e. The van der Waals surface area contributed by atoms with Crippen LogP contribution in [-0.4, -0.2) is 0 Å². The molecule has 0 radical (unpaired) electrons. The van der Waals surface area contributed by atoms with Gasteiger partial charge in [0.1, 0.15) is 17.5 Å². The summed E-state index contributed by atoms with van der Waals surface area (Å²) in [5.74, 6) is -5.14. The molecule has 0 aliphatic rings. The summed E-state index contributed by atoms with van der Waals surface area (Å²) in [4.78, 5) is 0. The quantitative estimate of drug-likeness (QED) is 0.621. The molecule has 0 unspecified atom stereocenters. The Hall–Kier alpha value is -1.63. The molecule has 0 saturated heterocycles. The fourth-order valence-electron chi connectivity index (χ4n) is 1.59. The molecule has 0 aliphatic heterocycles. The Bertz CT molecular complexity index is 636. The van der Waals surface area contributed by atoms with Crippen LogP contribution in [0.5, 0.6) is 0 Å². The first-order valence-electron chi connectivity index (χ1n) is 5.40. The lowest BCUT2D eigenvalue weighted by molar-refractivity contribution is 0.490. The van der Waals surface area contributed by atoms with Crippen LogP contribution in [0.15, 0.2) is 28.7 Å². The van der Waals surface area contributed by atoms with E-state index in [2.05, 4.69) is 21.2 Å². The van der Waals surface area contributed by atoms with Crippen LogP contribution in [-0.2, 0) is 6.54 Å². The predicted molar refractivity (Wildman–Crippen MR) is 67.7 cm³/mol. The highest BCUT2D eigenvalue weighted by atomic mass is 79.9. The molecule has 2 aromatic carbocycles. The second-order valence-corrected chi connectivity index (χ2v) is 4.81. The SMILES string of the molecule is Fc1cc(F)c(NCc2cc(F)c(F)cc2F)c(Br)c1. The molecule has 106 valence electrons. The molecule has 2 rings (SSSR count). The molecule has 0 atom stereocenters. The van der Waals surface area contributed by atoms with E-state index in [0.29, 0.717) is 18.2 Å². The van der Waals surface area contributed by atoms with Crippen molar-refractivity contribution in [3.8, 4) is 0 Å². The van der Waals surface area contributed by atoms with Crippen LogP contribution in [0.2, 0.25) is 0 Å². The second kappa shape index (κ2) is 5.78. The summed E-state index contributed by atoms with van der Waals surface area (Å²) < 4.78 is 65.6. The van der Waals surface area contributed by atoms with Gasteiger partial charge >= 0.3 is 0 Å². The van der Waals surface area contributed by atoms with E-state index < -0.39 is 29.1 Å². The van der Waals surface area contributed by atoms with Gasteiger partial charge in [-0.2, -0.15) is 0 Å². The van der Waals surface area contributed by atoms with E-state index in [0.717, 1.165) is 6.07 Å². The molecule has 7 heteroatoms. The van der Waals surface area contributed by atoms with Crippen molar-refractivity contribution in [1.82, 2.24) is 0 Å². The van der Waals surface area contributed by atoms with E-state index in [4.69, 9.17) is 0 Å². The zero-order valence-electron chi connectivity index (χ0n) is 9.78. The molecule has 1 N–H and O–H groups in total. The number of hydrogen-bond acceptors (Lipinski definition) is 1. The van der Waals surface area contributed by atoms with Crippen LogP contribution in [0.25, 0.3) is 0 Å². The lowest BCUT2D eigenvalue weighted by Crippen LogP contribution is -2.06. The number of nitrogens with one attached hydrogen (secondary N) is 1. The van der Waals surface area contributed by atoms with Crippen molar-refractivity contribution >= 4 is 21.6 Å². The highest BCUT2D eigenvalue weighted by Crippen LogP contribution is 2.27. The topological polar surface area (TPSA) is 12.0 Å². The third kappa shape index (κ3) is 3.09. The first kappa shape index (κ1) is 14.8. The standard InChI is InChI=1S/C13H7BrF5N/c14-8-2-7(15)3-12(19)13(8)20-5-6-1-10(17)11(18)4-9(6)16/h1-4,20H,5H2. The van der Waals surface area contributed by atoms with Gasteiger partial charge in [-0.25, -0.2) is 22.0 Å². The number of anilines is 1. The van der Waals surface area contributed by atoms with Crippen molar-refractivity contribution in [1.29, 1.82) is 0 Å². The molecule has 0 spiro atoms. The Morgan fingerprint density at radius 2 is 1.45 bits per heavy atom. The molecular formula is C13H7BrF5N. The zero-order valence-corrected chi connectivity index (χ0v) is 11.4. The molecule has 0 heterocycles. The number of benzene rings is 2. The monoisotopic (exact) mass is 351 g/mol. The van der Waals surface area contributed by atoms with E-state index in [1.165, 1.54) is 0 Å². The fourth-order valence-corrected chi connectivity index (χ4v) is 2.14.